The molecule has 9 nitrogen and oxygen atoms in total. The number of methoxy groups -OCH3 is 2. The van der Waals surface area contributed by atoms with Crippen LogP contribution in [0.4, 0.5) is 10.1 Å². The van der Waals surface area contributed by atoms with Gasteiger partial charge in [0.2, 0.25) is 11.8 Å². The van der Waals surface area contributed by atoms with E-state index in [-0.39, 0.29) is 34.9 Å². The Balaban J connectivity index is 1.86. The molecule has 48 heavy (non-hydrogen) atoms. The Labute approximate surface area is 282 Å². The molecule has 4 aromatic rings. The first-order valence-corrected chi connectivity index (χ1v) is 17.2. The molecule has 0 saturated heterocycles. The maximum atomic E-state index is 15.1. The number of anilines is 1. The minimum Gasteiger partial charge on any atom is -0.497 e. The van der Waals surface area contributed by atoms with E-state index in [1.54, 1.807) is 30.3 Å². The van der Waals surface area contributed by atoms with Crippen LogP contribution in [0.5, 0.6) is 11.5 Å². The molecule has 2 amide bonds. The summed E-state index contributed by atoms with van der Waals surface area (Å²) < 4.78 is 55.8. The van der Waals surface area contributed by atoms with Crippen LogP contribution >= 0.6 is 0 Å². The van der Waals surface area contributed by atoms with E-state index < -0.39 is 40.2 Å². The van der Waals surface area contributed by atoms with Crippen molar-refractivity contribution in [3.8, 4) is 11.5 Å². The van der Waals surface area contributed by atoms with Gasteiger partial charge in [-0.3, -0.25) is 13.9 Å². The van der Waals surface area contributed by atoms with Gasteiger partial charge in [0.05, 0.1) is 24.8 Å². The molecule has 4 aromatic carbocycles. The van der Waals surface area contributed by atoms with Crippen LogP contribution in [0.2, 0.25) is 0 Å². The number of unbranched alkanes of at least 4 members (excludes halogenated alkanes) is 1. The number of nitrogens with zero attached hydrogens (tertiary/aromatic N) is 2. The third kappa shape index (κ3) is 8.92. The normalized spacial score (nSPS) is 11.8. The van der Waals surface area contributed by atoms with E-state index in [0.29, 0.717) is 12.3 Å². The Morgan fingerprint density at radius 1 is 0.896 bits per heavy atom. The van der Waals surface area contributed by atoms with Gasteiger partial charge in [0.1, 0.15) is 29.9 Å². The standard InChI is InChI=1S/C37H42FN3O6S/c1-5-6-22-39-37(43)34(23-28-12-8-7-9-13-28)40(25-29-14-10-11-15-32(29)38)36(42)26-41(33-24-30(46-3)18-21-35(33)47-4)48(44,45)31-19-16-27(2)17-20-31/h7-21,24,34H,5-6,22-23,25-26H2,1-4H3,(H,39,43). The molecule has 254 valence electrons. The van der Waals surface area contributed by atoms with Gasteiger partial charge in [-0.25, -0.2) is 12.8 Å². The van der Waals surface area contributed by atoms with Crippen LogP contribution in [0, 0.1) is 12.7 Å². The van der Waals surface area contributed by atoms with Crippen LogP contribution in [0.25, 0.3) is 0 Å². The third-order valence-electron chi connectivity index (χ3n) is 7.94. The zero-order valence-corrected chi connectivity index (χ0v) is 28.5. The molecule has 0 radical (unpaired) electrons. The lowest BCUT2D eigenvalue weighted by Crippen LogP contribution is -2.53. The molecule has 0 fully saturated rings. The molecule has 0 saturated carbocycles. The van der Waals surface area contributed by atoms with Gasteiger partial charge >= 0.3 is 0 Å². The Morgan fingerprint density at radius 2 is 1.58 bits per heavy atom. The molecular formula is C37H42FN3O6S. The van der Waals surface area contributed by atoms with E-state index in [9.17, 15) is 18.0 Å². The number of rotatable bonds is 16. The number of sulfonamides is 1. The van der Waals surface area contributed by atoms with Crippen LogP contribution in [0.3, 0.4) is 0 Å². The van der Waals surface area contributed by atoms with Crippen LogP contribution in [0.1, 0.15) is 36.5 Å². The van der Waals surface area contributed by atoms with Gasteiger partial charge in [-0.15, -0.1) is 0 Å². The summed E-state index contributed by atoms with van der Waals surface area (Å²) in [5, 5.41) is 2.92. The largest absolute Gasteiger partial charge is 0.497 e. The number of halogens is 1. The minimum absolute atomic E-state index is 0.0513. The lowest BCUT2D eigenvalue weighted by atomic mass is 10.0. The highest BCUT2D eigenvalue weighted by Crippen LogP contribution is 2.36. The van der Waals surface area contributed by atoms with Gasteiger partial charge < -0.3 is 19.7 Å². The van der Waals surface area contributed by atoms with Gasteiger partial charge in [-0.05, 0) is 49.2 Å². The molecule has 4 rings (SSSR count). The van der Waals surface area contributed by atoms with E-state index in [1.807, 2.05) is 44.2 Å². The number of benzene rings is 4. The number of amides is 2. The van der Waals surface area contributed by atoms with Crippen molar-refractivity contribution >= 4 is 27.5 Å². The summed E-state index contributed by atoms with van der Waals surface area (Å²) in [4.78, 5) is 29.7. The number of carbonyl (C=O) groups is 2. The SMILES string of the molecule is CCCCNC(=O)C(Cc1ccccc1)N(Cc1ccccc1F)C(=O)CN(c1cc(OC)ccc1OC)S(=O)(=O)c1ccc(C)cc1. The molecule has 1 atom stereocenters. The van der Waals surface area contributed by atoms with Crippen molar-refractivity contribution in [3.05, 3.63) is 120 Å². The quantitative estimate of drug-likeness (QED) is 0.148. The van der Waals surface area contributed by atoms with Crippen molar-refractivity contribution in [2.24, 2.45) is 0 Å². The summed E-state index contributed by atoms with van der Waals surface area (Å²) in [6.07, 6.45) is 1.69. The van der Waals surface area contributed by atoms with Crippen LogP contribution in [-0.4, -0.2) is 58.5 Å². The van der Waals surface area contributed by atoms with Gasteiger partial charge in [0.15, 0.2) is 0 Å². The summed E-state index contributed by atoms with van der Waals surface area (Å²) in [7, 11) is -1.55. The molecule has 0 bridgehead atoms. The second-order valence-electron chi connectivity index (χ2n) is 11.3. The van der Waals surface area contributed by atoms with Crippen LogP contribution in [0.15, 0.2) is 102 Å². The molecule has 1 unspecified atom stereocenters. The van der Waals surface area contributed by atoms with Crippen molar-refractivity contribution in [1.29, 1.82) is 0 Å². The number of aryl methyl sites for hydroxylation is 1. The first kappa shape index (κ1) is 35.9. The van der Waals surface area contributed by atoms with Gasteiger partial charge in [0.25, 0.3) is 10.0 Å². The van der Waals surface area contributed by atoms with Crippen molar-refractivity contribution in [1.82, 2.24) is 10.2 Å². The molecule has 0 spiro atoms. The highest BCUT2D eigenvalue weighted by molar-refractivity contribution is 7.92. The maximum absolute atomic E-state index is 15.1. The zero-order valence-electron chi connectivity index (χ0n) is 27.7. The van der Waals surface area contributed by atoms with E-state index >= 15 is 4.39 Å². The lowest BCUT2D eigenvalue weighted by molar-refractivity contribution is -0.140. The average molecular weight is 676 g/mol. The van der Waals surface area contributed by atoms with Crippen molar-refractivity contribution in [2.45, 2.75) is 50.6 Å². The zero-order chi connectivity index (χ0) is 34.7. The summed E-state index contributed by atoms with van der Waals surface area (Å²) in [6, 6.07) is 25.0. The topological polar surface area (TPSA) is 105 Å². The number of carbonyl (C=O) groups excluding carboxylic acids is 2. The first-order chi connectivity index (χ1) is 23.1. The fourth-order valence-electron chi connectivity index (χ4n) is 5.21. The van der Waals surface area contributed by atoms with E-state index in [0.717, 1.165) is 28.3 Å². The molecular weight excluding hydrogens is 633 g/mol. The fraction of sp³-hybridized carbons (Fsp3) is 0.297. The van der Waals surface area contributed by atoms with Crippen molar-refractivity contribution in [3.63, 3.8) is 0 Å². The fourth-order valence-corrected chi connectivity index (χ4v) is 6.63. The van der Waals surface area contributed by atoms with E-state index in [4.69, 9.17) is 9.47 Å². The number of hydrogen-bond donors (Lipinski definition) is 1. The predicted octanol–water partition coefficient (Wildman–Crippen LogP) is 5.90. The average Bonchev–Trinajstić information content (AvgIpc) is 3.09. The van der Waals surface area contributed by atoms with Gasteiger partial charge in [0, 0.05) is 31.1 Å². The minimum atomic E-state index is -4.38. The van der Waals surface area contributed by atoms with Crippen LogP contribution < -0.4 is 19.1 Å². The molecule has 1 N–H and O–H groups in total. The summed E-state index contributed by atoms with van der Waals surface area (Å²) in [5.74, 6) is -1.19. The summed E-state index contributed by atoms with van der Waals surface area (Å²) in [6.45, 7) is 3.22. The monoisotopic (exact) mass is 675 g/mol. The molecule has 0 aromatic heterocycles. The Kier molecular flexibility index (Phi) is 12.6. The highest BCUT2D eigenvalue weighted by Gasteiger charge is 2.36. The summed E-state index contributed by atoms with van der Waals surface area (Å²) >= 11 is 0. The number of hydrogen-bond acceptors (Lipinski definition) is 6. The molecule has 11 heteroatoms. The number of nitrogens with one attached hydrogen (secondary N) is 1. The maximum Gasteiger partial charge on any atom is 0.264 e. The van der Waals surface area contributed by atoms with E-state index in [2.05, 4.69) is 5.32 Å². The molecule has 0 aliphatic heterocycles. The Hall–Kier alpha value is -4.90. The smallest absolute Gasteiger partial charge is 0.264 e. The van der Waals surface area contributed by atoms with E-state index in [1.165, 1.54) is 55.5 Å². The van der Waals surface area contributed by atoms with Crippen LogP contribution in [-0.2, 0) is 32.6 Å². The second-order valence-corrected chi connectivity index (χ2v) is 13.2. The first-order valence-electron chi connectivity index (χ1n) is 15.7. The van der Waals surface area contributed by atoms with Gasteiger partial charge in [-0.1, -0.05) is 79.6 Å². The molecule has 0 heterocycles. The Bertz CT molecular complexity index is 1780. The van der Waals surface area contributed by atoms with Crippen molar-refractivity contribution in [2.75, 3.05) is 31.6 Å². The highest BCUT2D eigenvalue weighted by atomic mass is 32.2. The van der Waals surface area contributed by atoms with Gasteiger partial charge in [-0.2, -0.15) is 0 Å². The molecule has 0 aliphatic carbocycles. The third-order valence-corrected chi connectivity index (χ3v) is 9.72. The lowest BCUT2D eigenvalue weighted by Gasteiger charge is -2.34. The molecule has 0 aliphatic rings. The second kappa shape index (κ2) is 16.8. The number of ether oxygens (including phenoxy) is 2. The predicted molar refractivity (Wildman–Crippen MR) is 184 cm³/mol. The Morgan fingerprint density at radius 3 is 2.23 bits per heavy atom. The van der Waals surface area contributed by atoms with Crippen molar-refractivity contribution < 1.29 is 31.9 Å². The summed E-state index contributed by atoms with van der Waals surface area (Å²) in [5.41, 5.74) is 1.86.